The van der Waals surface area contributed by atoms with Crippen LogP contribution in [0, 0.1) is 0 Å². The Morgan fingerprint density at radius 3 is 2.67 bits per heavy atom. The summed E-state index contributed by atoms with van der Waals surface area (Å²) in [5.41, 5.74) is 3.14. The van der Waals surface area contributed by atoms with Gasteiger partial charge in [-0.15, -0.1) is 0 Å². The maximum absolute atomic E-state index is 12.2. The van der Waals surface area contributed by atoms with Crippen LogP contribution < -0.4 is 10.1 Å². The maximum atomic E-state index is 12.2. The van der Waals surface area contributed by atoms with Gasteiger partial charge in [0.1, 0.15) is 5.75 Å². The van der Waals surface area contributed by atoms with E-state index in [4.69, 9.17) is 4.74 Å². The average molecular weight is 340 g/mol. The summed E-state index contributed by atoms with van der Waals surface area (Å²) in [4.78, 5) is 16.8. The summed E-state index contributed by atoms with van der Waals surface area (Å²) in [7, 11) is 0. The smallest absolute Gasteiger partial charge is 0.230 e. The third-order valence-electron chi connectivity index (χ3n) is 3.73. The molecule has 1 heterocycles. The molecule has 0 aliphatic carbocycles. The fourth-order valence-corrected chi connectivity index (χ4v) is 3.49. The van der Waals surface area contributed by atoms with Crippen LogP contribution in [0.2, 0.25) is 0 Å². The van der Waals surface area contributed by atoms with E-state index in [9.17, 15) is 4.79 Å². The van der Waals surface area contributed by atoms with Crippen molar-refractivity contribution >= 4 is 32.6 Å². The van der Waals surface area contributed by atoms with Gasteiger partial charge in [0.25, 0.3) is 0 Å². The first-order valence-electron chi connectivity index (χ1n) is 8.09. The molecule has 4 nitrogen and oxygen atoms in total. The zero-order valence-electron chi connectivity index (χ0n) is 13.8. The number of para-hydroxylation sites is 1. The Balaban J connectivity index is 1.68. The Kier molecular flexibility index (Phi) is 5.11. The quantitative estimate of drug-likeness (QED) is 0.722. The molecular weight excluding hydrogens is 320 g/mol. The molecule has 0 spiro atoms. The van der Waals surface area contributed by atoms with Crippen molar-refractivity contribution in [3.63, 3.8) is 0 Å². The zero-order chi connectivity index (χ0) is 16.9. The van der Waals surface area contributed by atoms with Gasteiger partial charge < -0.3 is 10.1 Å². The molecule has 0 radical (unpaired) electrons. The van der Waals surface area contributed by atoms with Gasteiger partial charge in [0.05, 0.1) is 23.2 Å². The minimum absolute atomic E-state index is 0.0590. The summed E-state index contributed by atoms with van der Waals surface area (Å²) in [6.07, 6.45) is 1.25. The molecule has 0 saturated heterocycles. The van der Waals surface area contributed by atoms with Gasteiger partial charge in [-0.05, 0) is 42.7 Å². The maximum Gasteiger partial charge on any atom is 0.230 e. The number of carbonyl (C=O) groups excluding carboxylic acids is 1. The third kappa shape index (κ3) is 3.74. The second kappa shape index (κ2) is 7.45. The molecule has 2 aromatic carbocycles. The summed E-state index contributed by atoms with van der Waals surface area (Å²) >= 11 is 1.51. The molecule has 0 bridgehead atoms. The second-order valence-corrected chi connectivity index (χ2v) is 6.47. The van der Waals surface area contributed by atoms with Crippen molar-refractivity contribution in [3.05, 3.63) is 53.6 Å². The van der Waals surface area contributed by atoms with Crippen molar-refractivity contribution in [2.45, 2.75) is 26.7 Å². The highest BCUT2D eigenvalue weighted by Crippen LogP contribution is 2.28. The lowest BCUT2D eigenvalue weighted by atomic mass is 10.1. The van der Waals surface area contributed by atoms with E-state index in [2.05, 4.69) is 23.3 Å². The number of amides is 1. The van der Waals surface area contributed by atoms with Crippen LogP contribution in [-0.2, 0) is 17.6 Å². The van der Waals surface area contributed by atoms with Gasteiger partial charge in [-0.25, -0.2) is 4.98 Å². The summed E-state index contributed by atoms with van der Waals surface area (Å²) in [6.45, 7) is 4.69. The number of hydrogen-bond acceptors (Lipinski definition) is 4. The number of aryl methyl sites for hydroxylation is 1. The first-order chi connectivity index (χ1) is 11.7. The number of nitrogens with zero attached hydrogens (tertiary/aromatic N) is 1. The van der Waals surface area contributed by atoms with Crippen LogP contribution in [-0.4, -0.2) is 17.5 Å². The topological polar surface area (TPSA) is 51.2 Å². The normalized spacial score (nSPS) is 10.8. The lowest BCUT2D eigenvalue weighted by Gasteiger charge is -2.05. The SMILES string of the molecule is CCOc1ccc(CC(=O)Nc2nc3c(CC)cccc3s2)cc1. The lowest BCUT2D eigenvalue weighted by molar-refractivity contribution is -0.115. The Bertz CT molecular complexity index is 840. The van der Waals surface area contributed by atoms with E-state index in [1.165, 1.54) is 16.9 Å². The van der Waals surface area contributed by atoms with Gasteiger partial charge in [-0.2, -0.15) is 0 Å². The van der Waals surface area contributed by atoms with Crippen LogP contribution in [0.1, 0.15) is 25.0 Å². The van der Waals surface area contributed by atoms with Crippen molar-refractivity contribution in [3.8, 4) is 5.75 Å². The number of rotatable bonds is 6. The van der Waals surface area contributed by atoms with E-state index in [1.54, 1.807) is 0 Å². The fraction of sp³-hybridized carbons (Fsp3) is 0.263. The van der Waals surface area contributed by atoms with Crippen LogP contribution in [0.3, 0.4) is 0 Å². The number of ether oxygens (including phenoxy) is 1. The van der Waals surface area contributed by atoms with Crippen LogP contribution in [0.15, 0.2) is 42.5 Å². The van der Waals surface area contributed by atoms with Crippen molar-refractivity contribution in [2.75, 3.05) is 11.9 Å². The van der Waals surface area contributed by atoms with E-state index in [0.29, 0.717) is 18.2 Å². The number of aromatic nitrogens is 1. The molecule has 1 aromatic heterocycles. The van der Waals surface area contributed by atoms with Gasteiger partial charge in [0, 0.05) is 0 Å². The number of thiazole rings is 1. The molecule has 1 N–H and O–H groups in total. The lowest BCUT2D eigenvalue weighted by Crippen LogP contribution is -2.14. The minimum atomic E-state index is -0.0590. The van der Waals surface area contributed by atoms with Gasteiger partial charge in [-0.3, -0.25) is 4.79 Å². The summed E-state index contributed by atoms with van der Waals surface area (Å²) in [5, 5.41) is 3.56. The third-order valence-corrected chi connectivity index (χ3v) is 4.66. The molecule has 3 aromatic rings. The van der Waals surface area contributed by atoms with Crippen LogP contribution in [0.25, 0.3) is 10.2 Å². The van der Waals surface area contributed by atoms with Crippen molar-refractivity contribution in [1.29, 1.82) is 0 Å². The largest absolute Gasteiger partial charge is 0.494 e. The predicted molar refractivity (Wildman–Crippen MR) is 98.9 cm³/mol. The Hall–Kier alpha value is -2.40. The number of carbonyl (C=O) groups is 1. The fourth-order valence-electron chi connectivity index (χ4n) is 2.56. The monoisotopic (exact) mass is 340 g/mol. The Labute approximate surface area is 145 Å². The van der Waals surface area contributed by atoms with Crippen molar-refractivity contribution in [2.24, 2.45) is 0 Å². The predicted octanol–water partition coefficient (Wildman–Crippen LogP) is 4.44. The summed E-state index contributed by atoms with van der Waals surface area (Å²) in [5.74, 6) is 0.760. The second-order valence-electron chi connectivity index (χ2n) is 5.44. The number of hydrogen-bond donors (Lipinski definition) is 1. The molecule has 0 aliphatic heterocycles. The summed E-state index contributed by atoms with van der Waals surface area (Å²) < 4.78 is 6.51. The average Bonchev–Trinajstić information content (AvgIpc) is 2.99. The van der Waals surface area contributed by atoms with Crippen LogP contribution in [0.5, 0.6) is 5.75 Å². The molecule has 5 heteroatoms. The molecule has 24 heavy (non-hydrogen) atoms. The van der Waals surface area contributed by atoms with Crippen molar-refractivity contribution < 1.29 is 9.53 Å². The van der Waals surface area contributed by atoms with Gasteiger partial charge >= 0.3 is 0 Å². The molecule has 0 saturated carbocycles. The highest BCUT2D eigenvalue weighted by Gasteiger charge is 2.10. The van der Waals surface area contributed by atoms with Gasteiger partial charge in [0.2, 0.25) is 5.91 Å². The van der Waals surface area contributed by atoms with Crippen molar-refractivity contribution in [1.82, 2.24) is 4.98 Å². The Morgan fingerprint density at radius 2 is 1.96 bits per heavy atom. The number of anilines is 1. The molecule has 0 unspecified atom stereocenters. The van der Waals surface area contributed by atoms with Gasteiger partial charge in [0.15, 0.2) is 5.13 Å². The van der Waals surface area contributed by atoms with Gasteiger partial charge in [-0.1, -0.05) is 42.5 Å². The number of benzene rings is 2. The number of fused-ring (bicyclic) bond motifs is 1. The molecule has 0 aliphatic rings. The first-order valence-corrected chi connectivity index (χ1v) is 8.91. The molecular formula is C19H20N2O2S. The van der Waals surface area contributed by atoms with Crippen LogP contribution in [0.4, 0.5) is 5.13 Å². The highest BCUT2D eigenvalue weighted by atomic mass is 32.1. The molecule has 0 atom stereocenters. The van der Waals surface area contributed by atoms with E-state index in [0.717, 1.165) is 28.0 Å². The minimum Gasteiger partial charge on any atom is -0.494 e. The standard InChI is InChI=1S/C19H20N2O2S/c1-3-14-6-5-7-16-18(14)21-19(24-16)20-17(22)12-13-8-10-15(11-9-13)23-4-2/h5-11H,3-4,12H2,1-2H3,(H,20,21,22). The molecule has 0 fully saturated rings. The van der Waals surface area contributed by atoms with Crippen LogP contribution >= 0.6 is 11.3 Å². The molecule has 3 rings (SSSR count). The Morgan fingerprint density at radius 1 is 1.17 bits per heavy atom. The zero-order valence-corrected chi connectivity index (χ0v) is 14.7. The highest BCUT2D eigenvalue weighted by molar-refractivity contribution is 7.22. The number of nitrogens with one attached hydrogen (secondary N) is 1. The molecule has 124 valence electrons. The van der Waals surface area contributed by atoms with E-state index in [1.807, 2.05) is 43.3 Å². The summed E-state index contributed by atoms with van der Waals surface area (Å²) in [6, 6.07) is 13.7. The van der Waals surface area contributed by atoms with E-state index >= 15 is 0 Å². The van der Waals surface area contributed by atoms with E-state index in [-0.39, 0.29) is 5.91 Å². The van der Waals surface area contributed by atoms with E-state index < -0.39 is 0 Å². The first kappa shape index (κ1) is 16.5. The molecule has 1 amide bonds.